The van der Waals surface area contributed by atoms with Crippen LogP contribution in [0.4, 0.5) is 14.5 Å². The molecule has 0 saturated carbocycles. The summed E-state index contributed by atoms with van der Waals surface area (Å²) in [5.74, 6) is -3.72. The molecule has 4 rings (SSSR count). The maximum atomic E-state index is 14.3. The van der Waals surface area contributed by atoms with Crippen LogP contribution in [0, 0.1) is 18.8 Å². The third-order valence-corrected chi connectivity index (χ3v) is 6.62. The van der Waals surface area contributed by atoms with Crippen LogP contribution in [0.25, 0.3) is 10.9 Å². The number of nitrogens with zero attached hydrogens (tertiary/aromatic N) is 3. The number of pyridine rings is 1. The summed E-state index contributed by atoms with van der Waals surface area (Å²) in [5.41, 5.74) is 3.22. The highest BCUT2D eigenvalue weighted by Gasteiger charge is 2.44. The molecule has 3 atom stereocenters. The van der Waals surface area contributed by atoms with Crippen LogP contribution in [0.15, 0.2) is 30.5 Å². The molecule has 0 aliphatic carbocycles. The van der Waals surface area contributed by atoms with E-state index in [0.29, 0.717) is 19.5 Å². The third kappa shape index (κ3) is 4.13. The van der Waals surface area contributed by atoms with Crippen LogP contribution in [0.2, 0.25) is 0 Å². The van der Waals surface area contributed by atoms with E-state index >= 15 is 0 Å². The normalized spacial score (nSPS) is 26.8. The minimum atomic E-state index is -2.81. The highest BCUT2D eigenvalue weighted by Crippen LogP contribution is 2.35. The minimum absolute atomic E-state index is 0.0505. The summed E-state index contributed by atoms with van der Waals surface area (Å²) >= 11 is 0. The van der Waals surface area contributed by atoms with Crippen LogP contribution in [-0.4, -0.2) is 61.0 Å². The van der Waals surface area contributed by atoms with E-state index in [1.807, 2.05) is 13.0 Å². The van der Waals surface area contributed by atoms with Gasteiger partial charge in [0.2, 0.25) is 5.91 Å². The molecular weight excluding hydrogens is 386 g/mol. The molecule has 1 aromatic carbocycles. The second-order valence-corrected chi connectivity index (χ2v) is 9.05. The molecule has 1 aromatic heterocycles. The molecule has 1 amide bonds. The van der Waals surface area contributed by atoms with Gasteiger partial charge in [0.1, 0.15) is 0 Å². The summed E-state index contributed by atoms with van der Waals surface area (Å²) in [5, 5.41) is 4.14. The predicted octanol–water partition coefficient (Wildman–Crippen LogP) is 3.46. The van der Waals surface area contributed by atoms with Gasteiger partial charge in [-0.3, -0.25) is 9.78 Å². The summed E-state index contributed by atoms with van der Waals surface area (Å²) < 4.78 is 28.6. The Morgan fingerprint density at radius 1 is 1.30 bits per heavy atom. The number of rotatable bonds is 4. The van der Waals surface area contributed by atoms with E-state index in [2.05, 4.69) is 40.3 Å². The molecule has 162 valence electrons. The molecule has 2 aliphatic rings. The van der Waals surface area contributed by atoms with Crippen molar-refractivity contribution in [1.82, 2.24) is 15.2 Å². The van der Waals surface area contributed by atoms with Crippen LogP contribution in [0.1, 0.15) is 25.3 Å². The molecule has 2 fully saturated rings. The molecule has 3 heterocycles. The first-order valence-electron chi connectivity index (χ1n) is 10.7. The van der Waals surface area contributed by atoms with Crippen molar-refractivity contribution in [3.63, 3.8) is 0 Å². The number of likely N-dealkylation sites (tertiary alicyclic amines) is 1. The van der Waals surface area contributed by atoms with Crippen molar-refractivity contribution < 1.29 is 13.6 Å². The van der Waals surface area contributed by atoms with Crippen molar-refractivity contribution in [2.45, 2.75) is 38.7 Å². The highest BCUT2D eigenvalue weighted by molar-refractivity contribution is 5.94. The molecule has 7 heteroatoms. The van der Waals surface area contributed by atoms with Gasteiger partial charge in [-0.2, -0.15) is 0 Å². The SMILES string of the molecule is Cc1ccc(N2CC(C)C(NC(=O)CC3CCN(C)CC3(F)F)C2)c2cccnc12. The average Bonchev–Trinajstić information content (AvgIpc) is 3.04. The summed E-state index contributed by atoms with van der Waals surface area (Å²) in [7, 11) is 1.70. The van der Waals surface area contributed by atoms with E-state index in [0.717, 1.165) is 28.7 Å². The number of halogens is 2. The van der Waals surface area contributed by atoms with E-state index in [-0.39, 0.29) is 30.8 Å². The Labute approximate surface area is 176 Å². The van der Waals surface area contributed by atoms with E-state index in [9.17, 15) is 13.6 Å². The lowest BCUT2D eigenvalue weighted by Gasteiger charge is -2.36. The first-order valence-corrected chi connectivity index (χ1v) is 10.7. The Balaban J connectivity index is 1.43. The van der Waals surface area contributed by atoms with Gasteiger partial charge in [0.05, 0.1) is 18.1 Å². The number of aromatic nitrogens is 1. The fourth-order valence-corrected chi connectivity index (χ4v) is 4.82. The lowest BCUT2D eigenvalue weighted by Crippen LogP contribution is -2.49. The molecule has 0 radical (unpaired) electrons. The maximum Gasteiger partial charge on any atom is 0.263 e. The van der Waals surface area contributed by atoms with Gasteiger partial charge in [0.25, 0.3) is 5.92 Å². The number of anilines is 1. The van der Waals surface area contributed by atoms with E-state index in [1.165, 1.54) is 0 Å². The standard InChI is InChI=1S/C23H30F2N4O/c1-15-6-7-20(18-5-4-9-26-22(15)18)29-12-16(2)19(13-29)27-21(30)11-17-8-10-28(3)14-23(17,24)25/h4-7,9,16-17,19H,8,10-14H2,1-3H3,(H,27,30). The Hall–Kier alpha value is -2.28. The number of piperidine rings is 1. The summed E-state index contributed by atoms with van der Waals surface area (Å²) in [6.07, 6.45) is 2.04. The molecule has 0 spiro atoms. The van der Waals surface area contributed by atoms with Crippen LogP contribution in [0.3, 0.4) is 0 Å². The van der Waals surface area contributed by atoms with Gasteiger partial charge in [-0.1, -0.05) is 13.0 Å². The zero-order chi connectivity index (χ0) is 21.5. The van der Waals surface area contributed by atoms with Crippen LogP contribution >= 0.6 is 0 Å². The quantitative estimate of drug-likeness (QED) is 0.829. The highest BCUT2D eigenvalue weighted by atomic mass is 19.3. The van der Waals surface area contributed by atoms with Crippen LogP contribution < -0.4 is 10.2 Å². The van der Waals surface area contributed by atoms with E-state index < -0.39 is 11.8 Å². The molecule has 2 saturated heterocycles. The van der Waals surface area contributed by atoms with E-state index in [1.54, 1.807) is 18.1 Å². The van der Waals surface area contributed by atoms with Gasteiger partial charge in [-0.25, -0.2) is 8.78 Å². The fraction of sp³-hybridized carbons (Fsp3) is 0.565. The Kier molecular flexibility index (Phi) is 5.66. The van der Waals surface area contributed by atoms with Gasteiger partial charge in [-0.15, -0.1) is 0 Å². The van der Waals surface area contributed by atoms with Crippen molar-refractivity contribution in [1.29, 1.82) is 0 Å². The van der Waals surface area contributed by atoms with Crippen LogP contribution in [0.5, 0.6) is 0 Å². The second-order valence-electron chi connectivity index (χ2n) is 9.05. The Morgan fingerprint density at radius 3 is 2.87 bits per heavy atom. The first kappa shape index (κ1) is 21.0. The van der Waals surface area contributed by atoms with Gasteiger partial charge in [-0.05, 0) is 56.6 Å². The summed E-state index contributed by atoms with van der Waals surface area (Å²) in [6.45, 7) is 5.96. The summed E-state index contributed by atoms with van der Waals surface area (Å²) in [4.78, 5) is 21.0. The second kappa shape index (κ2) is 8.10. The number of carbonyl (C=O) groups excluding carboxylic acids is 1. The largest absolute Gasteiger partial charge is 0.369 e. The van der Waals surface area contributed by atoms with Gasteiger partial charge in [0, 0.05) is 42.7 Å². The van der Waals surface area contributed by atoms with Gasteiger partial charge >= 0.3 is 0 Å². The molecule has 5 nitrogen and oxygen atoms in total. The zero-order valence-electron chi connectivity index (χ0n) is 17.9. The van der Waals surface area contributed by atoms with Crippen molar-refractivity contribution in [2.75, 3.05) is 38.1 Å². The maximum absolute atomic E-state index is 14.3. The zero-order valence-corrected chi connectivity index (χ0v) is 17.9. The molecular formula is C23H30F2N4O. The van der Waals surface area contributed by atoms with Crippen molar-refractivity contribution in [2.24, 2.45) is 11.8 Å². The topological polar surface area (TPSA) is 48.5 Å². The number of aryl methyl sites for hydroxylation is 1. The molecule has 30 heavy (non-hydrogen) atoms. The monoisotopic (exact) mass is 416 g/mol. The van der Waals surface area contributed by atoms with Crippen molar-refractivity contribution >= 4 is 22.5 Å². The number of alkyl halides is 2. The molecule has 2 aliphatic heterocycles. The molecule has 1 N–H and O–H groups in total. The number of benzene rings is 1. The Bertz CT molecular complexity index is 935. The number of fused-ring (bicyclic) bond motifs is 1. The number of nitrogens with one attached hydrogen (secondary N) is 1. The fourth-order valence-electron chi connectivity index (χ4n) is 4.82. The summed E-state index contributed by atoms with van der Waals surface area (Å²) in [6, 6.07) is 8.14. The molecule has 3 unspecified atom stereocenters. The van der Waals surface area contributed by atoms with Gasteiger partial charge in [0.15, 0.2) is 0 Å². The first-order chi connectivity index (χ1) is 14.2. The number of hydrogen-bond acceptors (Lipinski definition) is 4. The Morgan fingerprint density at radius 2 is 2.10 bits per heavy atom. The van der Waals surface area contributed by atoms with Crippen LogP contribution in [-0.2, 0) is 4.79 Å². The predicted molar refractivity (Wildman–Crippen MR) is 115 cm³/mol. The van der Waals surface area contributed by atoms with Crippen molar-refractivity contribution in [3.8, 4) is 0 Å². The van der Waals surface area contributed by atoms with Crippen molar-refractivity contribution in [3.05, 3.63) is 36.0 Å². The molecule has 2 aromatic rings. The average molecular weight is 417 g/mol. The van der Waals surface area contributed by atoms with E-state index in [4.69, 9.17) is 0 Å². The smallest absolute Gasteiger partial charge is 0.263 e. The third-order valence-electron chi connectivity index (χ3n) is 6.62. The van der Waals surface area contributed by atoms with Gasteiger partial charge < -0.3 is 15.1 Å². The molecule has 0 bridgehead atoms. The number of carbonyl (C=O) groups is 1. The lowest BCUT2D eigenvalue weighted by molar-refractivity contribution is -0.135. The lowest BCUT2D eigenvalue weighted by atomic mass is 9.89. The number of amides is 1. The minimum Gasteiger partial charge on any atom is -0.369 e. The number of hydrogen-bond donors (Lipinski definition) is 1.